The normalized spacial score (nSPS) is 12.4. The van der Waals surface area contributed by atoms with Crippen LogP contribution in [0.5, 0.6) is 0 Å². The molecule has 102 valence electrons. The van der Waals surface area contributed by atoms with Crippen LogP contribution in [0.15, 0.2) is 30.3 Å². The first kappa shape index (κ1) is 15.8. The second-order valence-corrected chi connectivity index (χ2v) is 8.43. The maximum Gasteiger partial charge on any atom is 0.373 e. The lowest BCUT2D eigenvalue weighted by atomic mass is 10.4. The molecule has 0 bridgehead atoms. The third-order valence-corrected chi connectivity index (χ3v) is 6.98. The molecular formula is C14H24O2SSi. The van der Waals surface area contributed by atoms with Crippen LogP contribution in [-0.2, 0) is 8.85 Å². The van der Waals surface area contributed by atoms with E-state index in [0.29, 0.717) is 0 Å². The first-order chi connectivity index (χ1) is 8.50. The topological polar surface area (TPSA) is 18.5 Å². The Morgan fingerprint density at radius 1 is 1.00 bits per heavy atom. The van der Waals surface area contributed by atoms with Crippen LogP contribution in [0, 0.1) is 0 Å². The average molecular weight is 284 g/mol. The molecular weight excluding hydrogens is 260 g/mol. The number of hydrogen-bond donors (Lipinski definition) is 1. The van der Waals surface area contributed by atoms with Crippen LogP contribution in [0.4, 0.5) is 0 Å². The molecule has 0 atom stereocenters. The molecule has 0 amide bonds. The number of thiol groups is 1. The van der Waals surface area contributed by atoms with Crippen LogP contribution in [-0.4, -0.2) is 26.5 Å². The zero-order valence-electron chi connectivity index (χ0n) is 11.7. The fourth-order valence-corrected chi connectivity index (χ4v) is 6.28. The van der Waals surface area contributed by atoms with Gasteiger partial charge < -0.3 is 8.85 Å². The molecule has 0 fully saturated rings. The zero-order valence-corrected chi connectivity index (χ0v) is 13.6. The lowest BCUT2D eigenvalue weighted by Gasteiger charge is -2.34. The quantitative estimate of drug-likeness (QED) is 0.612. The summed E-state index contributed by atoms with van der Waals surface area (Å²) in [7, 11) is -2.37. The van der Waals surface area contributed by atoms with Gasteiger partial charge in [-0.2, -0.15) is 12.6 Å². The fraction of sp³-hybridized carbons (Fsp3) is 0.571. The van der Waals surface area contributed by atoms with E-state index in [1.165, 1.54) is 5.19 Å². The molecule has 0 aromatic heterocycles. The van der Waals surface area contributed by atoms with Crippen LogP contribution < -0.4 is 5.19 Å². The highest BCUT2D eigenvalue weighted by molar-refractivity contribution is 7.80. The van der Waals surface area contributed by atoms with Crippen molar-refractivity contribution < 1.29 is 8.85 Å². The van der Waals surface area contributed by atoms with Crippen molar-refractivity contribution in [1.29, 1.82) is 0 Å². The Labute approximate surface area is 117 Å². The average Bonchev–Trinajstić information content (AvgIpc) is 2.28. The van der Waals surface area contributed by atoms with Gasteiger partial charge in [-0.05, 0) is 38.6 Å². The van der Waals surface area contributed by atoms with Gasteiger partial charge >= 0.3 is 8.56 Å². The first-order valence-corrected chi connectivity index (χ1v) is 9.18. The van der Waals surface area contributed by atoms with Gasteiger partial charge in [-0.15, -0.1) is 0 Å². The van der Waals surface area contributed by atoms with E-state index in [-0.39, 0.29) is 12.2 Å². The SMILES string of the molecule is CC(C)O[Si](CCS)(OC(C)C)c1ccccc1. The Morgan fingerprint density at radius 2 is 1.50 bits per heavy atom. The Balaban J connectivity index is 3.10. The molecule has 4 heteroatoms. The predicted molar refractivity (Wildman–Crippen MR) is 82.9 cm³/mol. The van der Waals surface area contributed by atoms with Gasteiger partial charge in [-0.25, -0.2) is 0 Å². The number of rotatable bonds is 7. The predicted octanol–water partition coefficient (Wildman–Crippen LogP) is 3.12. The molecule has 1 rings (SSSR count). The smallest absolute Gasteiger partial charge is 0.373 e. The van der Waals surface area contributed by atoms with Gasteiger partial charge in [0.05, 0.1) is 0 Å². The first-order valence-electron chi connectivity index (χ1n) is 6.52. The van der Waals surface area contributed by atoms with Crippen molar-refractivity contribution in [2.45, 2.75) is 45.9 Å². The molecule has 1 aromatic carbocycles. The van der Waals surface area contributed by atoms with E-state index < -0.39 is 8.56 Å². The summed E-state index contributed by atoms with van der Waals surface area (Å²) in [6.45, 7) is 8.25. The summed E-state index contributed by atoms with van der Waals surface area (Å²) in [5.41, 5.74) is 0. The standard InChI is InChI=1S/C14H24O2SSi/c1-12(2)15-18(11-10-17,16-13(3)4)14-8-6-5-7-9-14/h5-9,12-13,17H,10-11H2,1-4H3. The summed E-state index contributed by atoms with van der Waals surface area (Å²) in [4.78, 5) is 0. The largest absolute Gasteiger partial charge is 0.388 e. The summed E-state index contributed by atoms with van der Waals surface area (Å²) in [6.07, 6.45) is 0.325. The maximum atomic E-state index is 6.24. The van der Waals surface area contributed by atoms with Crippen LogP contribution in [0.3, 0.4) is 0 Å². The van der Waals surface area contributed by atoms with Gasteiger partial charge in [0.1, 0.15) is 0 Å². The minimum atomic E-state index is -2.37. The highest BCUT2D eigenvalue weighted by atomic mass is 32.1. The summed E-state index contributed by atoms with van der Waals surface area (Å²) >= 11 is 4.38. The van der Waals surface area contributed by atoms with Gasteiger partial charge in [0, 0.05) is 18.3 Å². The second-order valence-electron chi connectivity index (χ2n) is 4.93. The Hall–Kier alpha value is -0.293. The lowest BCUT2D eigenvalue weighted by molar-refractivity contribution is 0.116. The summed E-state index contributed by atoms with van der Waals surface area (Å²) < 4.78 is 12.5. The lowest BCUT2D eigenvalue weighted by Crippen LogP contribution is -2.56. The van der Waals surface area contributed by atoms with E-state index in [2.05, 4.69) is 52.5 Å². The highest BCUT2D eigenvalue weighted by Gasteiger charge is 2.41. The molecule has 0 saturated heterocycles. The zero-order chi connectivity index (χ0) is 13.6. The molecule has 18 heavy (non-hydrogen) atoms. The Bertz CT molecular complexity index is 331. The minimum absolute atomic E-state index is 0.163. The van der Waals surface area contributed by atoms with Crippen molar-refractivity contribution in [2.75, 3.05) is 5.75 Å². The molecule has 0 heterocycles. The Kier molecular flexibility index (Phi) is 6.42. The molecule has 0 saturated carbocycles. The Morgan fingerprint density at radius 3 is 1.89 bits per heavy atom. The van der Waals surface area contributed by atoms with Crippen LogP contribution in [0.1, 0.15) is 27.7 Å². The highest BCUT2D eigenvalue weighted by Crippen LogP contribution is 2.19. The molecule has 0 spiro atoms. The van der Waals surface area contributed by atoms with E-state index >= 15 is 0 Å². The maximum absolute atomic E-state index is 6.24. The van der Waals surface area contributed by atoms with Crippen LogP contribution in [0.2, 0.25) is 6.04 Å². The fourth-order valence-electron chi connectivity index (χ4n) is 2.03. The van der Waals surface area contributed by atoms with Crippen molar-refractivity contribution in [3.05, 3.63) is 30.3 Å². The van der Waals surface area contributed by atoms with Gasteiger partial charge in [-0.3, -0.25) is 0 Å². The van der Waals surface area contributed by atoms with Crippen molar-refractivity contribution in [1.82, 2.24) is 0 Å². The molecule has 0 aliphatic heterocycles. The molecule has 0 radical (unpaired) electrons. The van der Waals surface area contributed by atoms with Crippen molar-refractivity contribution in [2.24, 2.45) is 0 Å². The van der Waals surface area contributed by atoms with E-state index in [0.717, 1.165) is 11.8 Å². The number of hydrogen-bond acceptors (Lipinski definition) is 3. The minimum Gasteiger partial charge on any atom is -0.388 e. The van der Waals surface area contributed by atoms with E-state index in [9.17, 15) is 0 Å². The van der Waals surface area contributed by atoms with E-state index in [1.807, 2.05) is 18.2 Å². The van der Waals surface area contributed by atoms with Crippen LogP contribution in [0.25, 0.3) is 0 Å². The van der Waals surface area contributed by atoms with Gasteiger partial charge in [0.15, 0.2) is 0 Å². The molecule has 0 unspecified atom stereocenters. The van der Waals surface area contributed by atoms with Gasteiger partial charge in [-0.1, -0.05) is 30.3 Å². The second kappa shape index (κ2) is 7.33. The molecule has 0 aliphatic rings. The summed E-state index contributed by atoms with van der Waals surface area (Å²) in [5.74, 6) is 0.778. The van der Waals surface area contributed by atoms with Crippen molar-refractivity contribution in [3.63, 3.8) is 0 Å². The van der Waals surface area contributed by atoms with Crippen molar-refractivity contribution in [3.8, 4) is 0 Å². The third kappa shape index (κ3) is 4.43. The number of benzene rings is 1. The van der Waals surface area contributed by atoms with E-state index in [1.54, 1.807) is 0 Å². The van der Waals surface area contributed by atoms with Gasteiger partial charge in [0.25, 0.3) is 0 Å². The monoisotopic (exact) mass is 284 g/mol. The third-order valence-electron chi connectivity index (χ3n) is 2.51. The molecule has 1 aromatic rings. The molecule has 2 nitrogen and oxygen atoms in total. The molecule has 0 aliphatic carbocycles. The summed E-state index contributed by atoms with van der Waals surface area (Å²) in [5, 5.41) is 1.20. The summed E-state index contributed by atoms with van der Waals surface area (Å²) in [6, 6.07) is 11.2. The van der Waals surface area contributed by atoms with Gasteiger partial charge in [0.2, 0.25) is 0 Å². The van der Waals surface area contributed by atoms with Crippen molar-refractivity contribution >= 4 is 26.4 Å². The van der Waals surface area contributed by atoms with Crippen LogP contribution >= 0.6 is 12.6 Å². The van der Waals surface area contributed by atoms with E-state index in [4.69, 9.17) is 8.85 Å². The molecule has 0 N–H and O–H groups in total.